The van der Waals surface area contributed by atoms with Crippen molar-refractivity contribution in [3.05, 3.63) is 82.4 Å². The van der Waals surface area contributed by atoms with Crippen LogP contribution in [0.25, 0.3) is 0 Å². The van der Waals surface area contributed by atoms with E-state index in [1.807, 2.05) is 65.2 Å². The number of hydrogen-bond acceptors (Lipinski definition) is 6. The van der Waals surface area contributed by atoms with Crippen LogP contribution in [0.15, 0.2) is 60.7 Å². The zero-order valence-electron chi connectivity index (χ0n) is 21.9. The molecule has 0 aliphatic carbocycles. The molecule has 0 unspecified atom stereocenters. The van der Waals surface area contributed by atoms with E-state index in [9.17, 15) is 9.59 Å². The minimum absolute atomic E-state index is 0.136. The predicted octanol–water partition coefficient (Wildman–Crippen LogP) is 4.67. The van der Waals surface area contributed by atoms with Crippen LogP contribution in [0, 0.1) is 4.77 Å². The van der Waals surface area contributed by atoms with Crippen molar-refractivity contribution in [1.29, 1.82) is 0 Å². The molecule has 1 heterocycles. The normalized spacial score (nSPS) is 12.6. The highest BCUT2D eigenvalue weighted by Gasteiger charge is 2.34. The average molecular weight is 526 g/mol. The van der Waals surface area contributed by atoms with Crippen molar-refractivity contribution >= 4 is 24.2 Å². The molecule has 0 bridgehead atoms. The summed E-state index contributed by atoms with van der Waals surface area (Å²) in [6, 6.07) is 18.9. The minimum atomic E-state index is -1.27. The van der Waals surface area contributed by atoms with Crippen LogP contribution in [-0.4, -0.2) is 44.5 Å². The maximum Gasteiger partial charge on any atom is 0.408 e. The fourth-order valence-corrected chi connectivity index (χ4v) is 3.72. The van der Waals surface area contributed by atoms with Gasteiger partial charge in [0, 0.05) is 0 Å². The number of ether oxygens (including phenoxy) is 2. The number of carbonyl (C=O) groups is 2. The minimum Gasteiger partial charge on any atom is -0.444 e. The molecule has 1 aromatic heterocycles. The highest BCUT2D eigenvalue weighted by molar-refractivity contribution is 7.71. The van der Waals surface area contributed by atoms with E-state index in [4.69, 9.17) is 21.7 Å². The number of carbonyl (C=O) groups excluding carboxylic acids is 2. The molecule has 0 aliphatic rings. The number of aromatic amines is 1. The number of hydrogen-bond donors (Lipinski definition) is 3. The number of nitrogens with zero attached hydrogens (tertiary/aromatic N) is 2. The van der Waals surface area contributed by atoms with E-state index >= 15 is 0 Å². The predicted molar refractivity (Wildman–Crippen MR) is 143 cm³/mol. The molecule has 1 atom stereocenters. The first-order valence-corrected chi connectivity index (χ1v) is 12.5. The van der Waals surface area contributed by atoms with Crippen LogP contribution in [0.5, 0.6) is 0 Å². The lowest BCUT2D eigenvalue weighted by atomic mass is 10.0. The van der Waals surface area contributed by atoms with Gasteiger partial charge in [-0.3, -0.25) is 14.5 Å². The Morgan fingerprint density at radius 1 is 1.00 bits per heavy atom. The fourth-order valence-electron chi connectivity index (χ4n) is 3.52. The lowest BCUT2D eigenvalue weighted by Crippen LogP contribution is -2.56. The van der Waals surface area contributed by atoms with Crippen LogP contribution < -0.4 is 10.6 Å². The van der Waals surface area contributed by atoms with Gasteiger partial charge in [-0.05, 0) is 58.0 Å². The van der Waals surface area contributed by atoms with E-state index in [0.717, 1.165) is 11.1 Å². The molecule has 0 saturated carbocycles. The van der Waals surface area contributed by atoms with E-state index in [-0.39, 0.29) is 6.61 Å². The molecule has 0 fully saturated rings. The average Bonchev–Trinajstić information content (AvgIpc) is 3.18. The molecule has 0 spiro atoms. The maximum absolute atomic E-state index is 13.3. The monoisotopic (exact) mass is 525 g/mol. The summed E-state index contributed by atoms with van der Waals surface area (Å²) >= 11 is 5.49. The van der Waals surface area contributed by atoms with Crippen molar-refractivity contribution < 1.29 is 19.1 Å². The Morgan fingerprint density at radius 3 is 2.19 bits per heavy atom. The number of rotatable bonds is 10. The molecule has 9 nitrogen and oxygen atoms in total. The lowest BCUT2D eigenvalue weighted by molar-refractivity contribution is -0.127. The second kappa shape index (κ2) is 12.2. The second-order valence-corrected chi connectivity index (χ2v) is 10.6. The standard InChI is InChI=1S/C27H35N5O4S/c1-26(2,3)36-25(34)29-27(4,5)23(33)28-21(18-35-17-20-14-10-7-11-15-20)22-30-31-24(37)32(22)16-19-12-8-6-9-13-19/h6-15,21H,16-18H2,1-5H3,(H,28,33)(H,29,34)(H,31,37)/t21-/m1/s1. The number of amides is 2. The van der Waals surface area contributed by atoms with Crippen LogP contribution in [0.1, 0.15) is 57.6 Å². The number of aromatic nitrogens is 3. The first-order chi connectivity index (χ1) is 17.4. The number of alkyl carbamates (subject to hydrolysis) is 1. The first-order valence-electron chi connectivity index (χ1n) is 12.1. The molecule has 37 heavy (non-hydrogen) atoms. The number of benzene rings is 2. The molecule has 0 saturated heterocycles. The molecule has 2 amide bonds. The Hall–Kier alpha value is -3.50. The van der Waals surface area contributed by atoms with Crippen LogP contribution in [-0.2, 0) is 27.4 Å². The molecule has 3 rings (SSSR count). The van der Waals surface area contributed by atoms with Crippen molar-refractivity contribution in [3.8, 4) is 0 Å². The Kier molecular flexibility index (Phi) is 9.23. The second-order valence-electron chi connectivity index (χ2n) is 10.2. The molecular weight excluding hydrogens is 490 g/mol. The van der Waals surface area contributed by atoms with Crippen LogP contribution in [0.2, 0.25) is 0 Å². The third kappa shape index (κ3) is 8.54. The van der Waals surface area contributed by atoms with Crippen molar-refractivity contribution in [3.63, 3.8) is 0 Å². The van der Waals surface area contributed by atoms with Gasteiger partial charge in [0.15, 0.2) is 10.6 Å². The number of H-pyrrole nitrogens is 1. The Balaban J connectivity index is 1.81. The highest BCUT2D eigenvalue weighted by Crippen LogP contribution is 2.17. The molecule has 2 aromatic carbocycles. The SMILES string of the molecule is CC(C)(C)OC(=O)NC(C)(C)C(=O)N[C@H](COCc1ccccc1)c1n[nH]c(=S)n1Cc1ccccc1. The zero-order chi connectivity index (χ0) is 27.1. The summed E-state index contributed by atoms with van der Waals surface area (Å²) in [5, 5.41) is 12.9. The van der Waals surface area contributed by atoms with Crippen molar-refractivity contribution in [2.75, 3.05) is 6.61 Å². The van der Waals surface area contributed by atoms with Gasteiger partial charge in [0.1, 0.15) is 17.2 Å². The Bertz CT molecular complexity index is 1230. The molecular formula is C27H35N5O4S. The van der Waals surface area contributed by atoms with Gasteiger partial charge in [-0.15, -0.1) is 0 Å². The Labute approximate surface area is 222 Å². The van der Waals surface area contributed by atoms with Gasteiger partial charge in [0.25, 0.3) is 0 Å². The van der Waals surface area contributed by atoms with Gasteiger partial charge in [0.05, 0.1) is 19.8 Å². The molecule has 198 valence electrons. The summed E-state index contributed by atoms with van der Waals surface area (Å²) in [6.07, 6.45) is -0.684. The van der Waals surface area contributed by atoms with Crippen molar-refractivity contribution in [2.45, 2.75) is 65.0 Å². The van der Waals surface area contributed by atoms with Gasteiger partial charge in [-0.1, -0.05) is 60.7 Å². The van der Waals surface area contributed by atoms with Gasteiger partial charge < -0.3 is 20.1 Å². The summed E-state index contributed by atoms with van der Waals surface area (Å²) in [6.45, 7) is 9.45. The van der Waals surface area contributed by atoms with E-state index < -0.39 is 29.2 Å². The largest absolute Gasteiger partial charge is 0.444 e. The molecule has 10 heteroatoms. The van der Waals surface area contributed by atoms with Gasteiger partial charge in [-0.25, -0.2) is 4.79 Å². The van der Waals surface area contributed by atoms with Gasteiger partial charge in [0.2, 0.25) is 5.91 Å². The smallest absolute Gasteiger partial charge is 0.408 e. The first kappa shape index (κ1) is 28.1. The zero-order valence-corrected chi connectivity index (χ0v) is 22.7. The van der Waals surface area contributed by atoms with E-state index in [2.05, 4.69) is 20.8 Å². The quantitative estimate of drug-likeness (QED) is 0.332. The lowest BCUT2D eigenvalue weighted by Gasteiger charge is -2.29. The van der Waals surface area contributed by atoms with Crippen LogP contribution in [0.3, 0.4) is 0 Å². The topological polar surface area (TPSA) is 110 Å². The third-order valence-electron chi connectivity index (χ3n) is 5.37. The molecule has 3 aromatic rings. The number of nitrogens with one attached hydrogen (secondary N) is 3. The summed E-state index contributed by atoms with van der Waals surface area (Å²) in [5.74, 6) is 0.0928. The maximum atomic E-state index is 13.3. The summed E-state index contributed by atoms with van der Waals surface area (Å²) in [7, 11) is 0. The summed E-state index contributed by atoms with van der Waals surface area (Å²) in [4.78, 5) is 25.7. The molecule has 0 radical (unpaired) electrons. The third-order valence-corrected chi connectivity index (χ3v) is 5.68. The van der Waals surface area contributed by atoms with Gasteiger partial charge in [-0.2, -0.15) is 5.10 Å². The fraction of sp³-hybridized carbons (Fsp3) is 0.407. The van der Waals surface area contributed by atoms with Gasteiger partial charge >= 0.3 is 6.09 Å². The van der Waals surface area contributed by atoms with Crippen LogP contribution >= 0.6 is 12.2 Å². The summed E-state index contributed by atoms with van der Waals surface area (Å²) in [5.41, 5.74) is 0.0748. The van der Waals surface area contributed by atoms with Crippen molar-refractivity contribution in [1.82, 2.24) is 25.4 Å². The van der Waals surface area contributed by atoms with E-state index in [1.165, 1.54) is 0 Å². The van der Waals surface area contributed by atoms with Crippen molar-refractivity contribution in [2.24, 2.45) is 0 Å². The molecule has 0 aliphatic heterocycles. The van der Waals surface area contributed by atoms with E-state index in [1.54, 1.807) is 34.6 Å². The summed E-state index contributed by atoms with van der Waals surface area (Å²) < 4.78 is 13.6. The molecule has 3 N–H and O–H groups in total. The highest BCUT2D eigenvalue weighted by atomic mass is 32.1. The Morgan fingerprint density at radius 2 is 1.59 bits per heavy atom. The van der Waals surface area contributed by atoms with E-state index in [0.29, 0.717) is 23.7 Å². The van der Waals surface area contributed by atoms with Crippen LogP contribution in [0.4, 0.5) is 4.79 Å².